The standard InChI is InChI=1S/C13H18N2O5S/c1-3-10-8-13(20-21(2,18)19)9-14(10)11-4-6-12(7-5-11)15(16)17/h4-7,10,13H,3,8-9H2,1-2H3. The highest BCUT2D eigenvalue weighted by Crippen LogP contribution is 2.30. The van der Waals surface area contributed by atoms with E-state index in [1.807, 2.05) is 11.8 Å². The number of anilines is 1. The molecule has 1 aliphatic rings. The van der Waals surface area contributed by atoms with Crippen molar-refractivity contribution in [1.82, 2.24) is 0 Å². The number of non-ortho nitro benzene ring substituents is 1. The van der Waals surface area contributed by atoms with Gasteiger partial charge in [0.05, 0.1) is 17.3 Å². The van der Waals surface area contributed by atoms with E-state index >= 15 is 0 Å². The average molecular weight is 314 g/mol. The molecule has 1 aromatic rings. The fourth-order valence-corrected chi connectivity index (χ4v) is 3.29. The Morgan fingerprint density at radius 2 is 2.00 bits per heavy atom. The summed E-state index contributed by atoms with van der Waals surface area (Å²) in [5.74, 6) is 0. The molecule has 7 nitrogen and oxygen atoms in total. The zero-order valence-corrected chi connectivity index (χ0v) is 12.7. The zero-order chi connectivity index (χ0) is 15.6. The maximum atomic E-state index is 11.2. The van der Waals surface area contributed by atoms with Crippen molar-refractivity contribution in [2.24, 2.45) is 0 Å². The molecule has 0 aromatic heterocycles. The van der Waals surface area contributed by atoms with Gasteiger partial charge in [-0.2, -0.15) is 8.42 Å². The molecule has 21 heavy (non-hydrogen) atoms. The number of nitrogens with zero attached hydrogens (tertiary/aromatic N) is 2. The van der Waals surface area contributed by atoms with Crippen molar-refractivity contribution in [2.75, 3.05) is 17.7 Å². The van der Waals surface area contributed by atoms with Crippen LogP contribution in [0, 0.1) is 10.1 Å². The van der Waals surface area contributed by atoms with Gasteiger partial charge in [0.25, 0.3) is 15.8 Å². The summed E-state index contributed by atoms with van der Waals surface area (Å²) in [6.07, 6.45) is 2.14. The molecule has 0 aliphatic carbocycles. The Labute approximate surface area is 123 Å². The highest BCUT2D eigenvalue weighted by molar-refractivity contribution is 7.86. The quantitative estimate of drug-likeness (QED) is 0.468. The lowest BCUT2D eigenvalue weighted by Gasteiger charge is -2.25. The van der Waals surface area contributed by atoms with E-state index in [9.17, 15) is 18.5 Å². The Kier molecular flexibility index (Phi) is 4.48. The molecule has 2 unspecified atom stereocenters. The molecule has 1 heterocycles. The third-order valence-electron chi connectivity index (χ3n) is 3.55. The van der Waals surface area contributed by atoms with Crippen molar-refractivity contribution in [1.29, 1.82) is 0 Å². The number of nitro benzene ring substituents is 1. The van der Waals surface area contributed by atoms with Crippen LogP contribution in [0.25, 0.3) is 0 Å². The first kappa shape index (κ1) is 15.7. The van der Waals surface area contributed by atoms with Crippen LogP contribution in [0.4, 0.5) is 11.4 Å². The Morgan fingerprint density at radius 3 is 2.48 bits per heavy atom. The highest BCUT2D eigenvalue weighted by atomic mass is 32.2. The lowest BCUT2D eigenvalue weighted by molar-refractivity contribution is -0.384. The first-order chi connectivity index (χ1) is 9.80. The lowest BCUT2D eigenvalue weighted by Crippen LogP contribution is -2.29. The first-order valence-corrected chi connectivity index (χ1v) is 8.51. The normalized spacial score (nSPS) is 22.5. The summed E-state index contributed by atoms with van der Waals surface area (Å²) in [5.41, 5.74) is 0.877. The van der Waals surface area contributed by atoms with Gasteiger partial charge in [-0.25, -0.2) is 0 Å². The van der Waals surface area contributed by atoms with Crippen LogP contribution in [0.3, 0.4) is 0 Å². The molecule has 0 spiro atoms. The Balaban J connectivity index is 2.16. The summed E-state index contributed by atoms with van der Waals surface area (Å²) in [6, 6.07) is 6.44. The largest absolute Gasteiger partial charge is 0.366 e. The van der Waals surface area contributed by atoms with Gasteiger partial charge in [0.15, 0.2) is 0 Å². The van der Waals surface area contributed by atoms with Gasteiger partial charge in [0.1, 0.15) is 0 Å². The van der Waals surface area contributed by atoms with Crippen molar-refractivity contribution in [3.63, 3.8) is 0 Å². The van der Waals surface area contributed by atoms with Crippen LogP contribution in [-0.2, 0) is 14.3 Å². The smallest absolute Gasteiger partial charge is 0.269 e. The summed E-state index contributed by atoms with van der Waals surface area (Å²) in [7, 11) is -3.48. The third-order valence-corrected chi connectivity index (χ3v) is 4.17. The Bertz CT molecular complexity index is 614. The summed E-state index contributed by atoms with van der Waals surface area (Å²) in [5, 5.41) is 10.7. The number of nitro groups is 1. The highest BCUT2D eigenvalue weighted by Gasteiger charge is 2.33. The van der Waals surface area contributed by atoms with E-state index in [0.717, 1.165) is 18.4 Å². The van der Waals surface area contributed by atoms with Crippen molar-refractivity contribution < 1.29 is 17.5 Å². The van der Waals surface area contributed by atoms with Crippen LogP contribution < -0.4 is 4.90 Å². The topological polar surface area (TPSA) is 89.8 Å². The molecular weight excluding hydrogens is 296 g/mol. The van der Waals surface area contributed by atoms with E-state index < -0.39 is 15.0 Å². The second kappa shape index (κ2) is 5.98. The predicted molar refractivity (Wildman–Crippen MR) is 78.9 cm³/mol. The summed E-state index contributed by atoms with van der Waals surface area (Å²) in [6.45, 7) is 2.48. The molecule has 2 atom stereocenters. The molecule has 116 valence electrons. The number of hydrogen-bond donors (Lipinski definition) is 0. The molecule has 0 N–H and O–H groups in total. The van der Waals surface area contributed by atoms with Gasteiger partial charge < -0.3 is 4.90 Å². The van der Waals surface area contributed by atoms with Gasteiger partial charge in [-0.15, -0.1) is 0 Å². The predicted octanol–water partition coefficient (Wildman–Crippen LogP) is 1.93. The van der Waals surface area contributed by atoms with Gasteiger partial charge in [-0.3, -0.25) is 14.3 Å². The fraction of sp³-hybridized carbons (Fsp3) is 0.538. The van der Waals surface area contributed by atoms with Gasteiger partial charge >= 0.3 is 0 Å². The Hall–Kier alpha value is -1.67. The van der Waals surface area contributed by atoms with Crippen molar-refractivity contribution >= 4 is 21.5 Å². The van der Waals surface area contributed by atoms with Crippen molar-refractivity contribution in [3.8, 4) is 0 Å². The van der Waals surface area contributed by atoms with Crippen LogP contribution in [0.15, 0.2) is 24.3 Å². The fourth-order valence-electron chi connectivity index (χ4n) is 2.66. The number of benzene rings is 1. The molecule has 0 amide bonds. The van der Waals surface area contributed by atoms with Crippen LogP contribution >= 0.6 is 0 Å². The second-order valence-electron chi connectivity index (χ2n) is 5.15. The van der Waals surface area contributed by atoms with E-state index in [1.165, 1.54) is 12.1 Å². The maximum absolute atomic E-state index is 11.2. The molecule has 1 aromatic carbocycles. The van der Waals surface area contributed by atoms with E-state index in [-0.39, 0.29) is 17.8 Å². The van der Waals surface area contributed by atoms with Gasteiger partial charge in [-0.05, 0) is 25.0 Å². The molecule has 1 fully saturated rings. The molecule has 0 saturated carbocycles. The molecule has 2 rings (SSSR count). The third kappa shape index (κ3) is 3.92. The molecular formula is C13H18N2O5S. The molecule has 0 bridgehead atoms. The number of hydrogen-bond acceptors (Lipinski definition) is 6. The van der Waals surface area contributed by atoms with E-state index in [2.05, 4.69) is 0 Å². The summed E-state index contributed by atoms with van der Waals surface area (Å²) >= 11 is 0. The minimum absolute atomic E-state index is 0.0370. The number of rotatable bonds is 5. The molecule has 1 aliphatic heterocycles. The van der Waals surface area contributed by atoms with Crippen LogP contribution in [0.5, 0.6) is 0 Å². The SMILES string of the molecule is CCC1CC(OS(C)(=O)=O)CN1c1ccc([N+](=O)[O-])cc1. The molecule has 0 radical (unpaired) electrons. The average Bonchev–Trinajstić information content (AvgIpc) is 2.79. The minimum Gasteiger partial charge on any atom is -0.366 e. The second-order valence-corrected chi connectivity index (χ2v) is 6.75. The van der Waals surface area contributed by atoms with E-state index in [0.29, 0.717) is 13.0 Å². The van der Waals surface area contributed by atoms with Gasteiger partial charge in [0, 0.05) is 30.4 Å². The van der Waals surface area contributed by atoms with E-state index in [1.54, 1.807) is 12.1 Å². The van der Waals surface area contributed by atoms with Crippen molar-refractivity contribution in [2.45, 2.75) is 31.9 Å². The summed E-state index contributed by atoms with van der Waals surface area (Å²) in [4.78, 5) is 12.3. The van der Waals surface area contributed by atoms with Gasteiger partial charge in [0.2, 0.25) is 0 Å². The lowest BCUT2D eigenvalue weighted by atomic mass is 10.1. The monoisotopic (exact) mass is 314 g/mol. The van der Waals surface area contributed by atoms with Crippen LogP contribution in [0.1, 0.15) is 19.8 Å². The first-order valence-electron chi connectivity index (χ1n) is 6.69. The minimum atomic E-state index is -3.48. The molecule has 1 saturated heterocycles. The zero-order valence-electron chi connectivity index (χ0n) is 11.9. The Morgan fingerprint density at radius 1 is 1.38 bits per heavy atom. The maximum Gasteiger partial charge on any atom is 0.269 e. The van der Waals surface area contributed by atoms with Gasteiger partial charge in [-0.1, -0.05) is 6.92 Å². The van der Waals surface area contributed by atoms with E-state index in [4.69, 9.17) is 4.18 Å². The van der Waals surface area contributed by atoms with Crippen LogP contribution in [-0.4, -0.2) is 38.3 Å². The molecule has 8 heteroatoms. The van der Waals surface area contributed by atoms with Crippen LogP contribution in [0.2, 0.25) is 0 Å². The summed E-state index contributed by atoms with van der Waals surface area (Å²) < 4.78 is 27.5. The van der Waals surface area contributed by atoms with Crippen molar-refractivity contribution in [3.05, 3.63) is 34.4 Å².